The Morgan fingerprint density at radius 3 is 1.43 bits per heavy atom. The van der Waals surface area contributed by atoms with Gasteiger partial charge < -0.3 is 34.7 Å². The third kappa shape index (κ3) is 11.2. The van der Waals surface area contributed by atoms with Crippen molar-refractivity contribution in [2.45, 2.75) is 65.5 Å². The molecule has 0 saturated carbocycles. The van der Waals surface area contributed by atoms with E-state index in [1.165, 1.54) is 50.7 Å². The fourth-order valence-electron chi connectivity index (χ4n) is 7.63. The monoisotopic (exact) mass is 918 g/mol. The molecule has 0 spiro atoms. The number of anilines is 4. The molecule has 12 nitrogen and oxygen atoms in total. The zero-order chi connectivity index (χ0) is 42.0. The van der Waals surface area contributed by atoms with Crippen LogP contribution >= 0.6 is 22.6 Å². The molecule has 2 aromatic carbocycles. The number of hydrogen-bond donors (Lipinski definition) is 3. The predicted molar refractivity (Wildman–Crippen MR) is 246 cm³/mol. The van der Waals surface area contributed by atoms with Crippen LogP contribution in [0.4, 0.5) is 23.0 Å². The van der Waals surface area contributed by atoms with Crippen molar-refractivity contribution in [3.63, 3.8) is 0 Å². The number of nitrogens with one attached hydrogen (secondary N) is 2. The summed E-state index contributed by atoms with van der Waals surface area (Å²) in [5, 5.41) is 14.9. The standard InChI is InChI=1S/C24H26N4O3.C23H25IN4O/c1-17-14-21(23(29)26-19-10-8-18(9-11-19)24(30)31)28(15-17)16-20-6-5-7-22(25-20)27-12-3-2-4-13-27;1-17-14-21(23(29)26-19-10-8-18(24)9-11-19)28(15-17)16-20-6-5-7-22(25-20)27-12-3-2-4-13-27/h5-11,14-15H,2-4,12-13,16H2,1H3,(H,26,29)(H,30,31);5-11,14-15H,2-4,12-13,16H2,1H3,(H,26,29). The summed E-state index contributed by atoms with van der Waals surface area (Å²) in [5.74, 6) is 0.679. The number of amides is 2. The molecule has 60 heavy (non-hydrogen) atoms. The molecule has 3 N–H and O–H groups in total. The number of rotatable bonds is 11. The largest absolute Gasteiger partial charge is 0.478 e. The van der Waals surface area contributed by atoms with Crippen LogP contribution in [0.25, 0.3) is 0 Å². The maximum Gasteiger partial charge on any atom is 0.335 e. The van der Waals surface area contributed by atoms with E-state index >= 15 is 0 Å². The van der Waals surface area contributed by atoms with Crippen molar-refractivity contribution in [1.29, 1.82) is 0 Å². The third-order valence-corrected chi connectivity index (χ3v) is 11.4. The maximum absolute atomic E-state index is 12.9. The molecule has 13 heteroatoms. The molecular formula is C47H51IN8O4. The van der Waals surface area contributed by atoms with Gasteiger partial charge in [-0.15, -0.1) is 0 Å². The Hall–Kier alpha value is -5.96. The van der Waals surface area contributed by atoms with Gasteiger partial charge in [0.15, 0.2) is 0 Å². The first kappa shape index (κ1) is 42.2. The molecule has 8 rings (SSSR count). The van der Waals surface area contributed by atoms with Crippen molar-refractivity contribution in [3.05, 3.63) is 152 Å². The summed E-state index contributed by atoms with van der Waals surface area (Å²) in [7, 11) is 0. The zero-order valence-electron chi connectivity index (χ0n) is 34.1. The second kappa shape index (κ2) is 19.9. The van der Waals surface area contributed by atoms with E-state index in [2.05, 4.69) is 55.2 Å². The minimum absolute atomic E-state index is 0.105. The van der Waals surface area contributed by atoms with Gasteiger partial charge in [0.05, 0.1) is 30.0 Å². The van der Waals surface area contributed by atoms with Gasteiger partial charge in [-0.05, 0) is 171 Å². The first-order valence-electron chi connectivity index (χ1n) is 20.5. The van der Waals surface area contributed by atoms with Crippen LogP contribution in [0.2, 0.25) is 0 Å². The zero-order valence-corrected chi connectivity index (χ0v) is 36.3. The number of nitrogens with zero attached hydrogens (tertiary/aromatic N) is 6. The molecular weight excluding hydrogens is 867 g/mol. The van der Waals surface area contributed by atoms with Crippen LogP contribution in [0.5, 0.6) is 0 Å². The van der Waals surface area contributed by atoms with Gasteiger partial charge in [0.2, 0.25) is 0 Å². The first-order chi connectivity index (χ1) is 29.1. The lowest BCUT2D eigenvalue weighted by atomic mass is 10.1. The number of aromatic carboxylic acids is 1. The number of carbonyl (C=O) groups is 3. The van der Waals surface area contributed by atoms with Gasteiger partial charge in [-0.1, -0.05) is 12.1 Å². The van der Waals surface area contributed by atoms with Crippen molar-refractivity contribution >= 4 is 63.4 Å². The summed E-state index contributed by atoms with van der Waals surface area (Å²) in [4.78, 5) is 51.2. The molecule has 310 valence electrons. The number of benzene rings is 2. The molecule has 2 saturated heterocycles. The van der Waals surface area contributed by atoms with Gasteiger partial charge in [-0.3, -0.25) is 9.59 Å². The minimum Gasteiger partial charge on any atom is -0.478 e. The second-order valence-electron chi connectivity index (χ2n) is 15.4. The molecule has 0 unspecified atom stereocenters. The van der Waals surface area contributed by atoms with E-state index in [4.69, 9.17) is 15.1 Å². The van der Waals surface area contributed by atoms with Gasteiger partial charge >= 0.3 is 5.97 Å². The number of halogens is 1. The second-order valence-corrected chi connectivity index (χ2v) is 16.7. The number of carboxylic acids is 1. The molecule has 6 aromatic rings. The minimum atomic E-state index is -0.998. The van der Waals surface area contributed by atoms with Gasteiger partial charge in [-0.2, -0.15) is 0 Å². The summed E-state index contributed by atoms with van der Waals surface area (Å²) >= 11 is 2.25. The lowest BCUT2D eigenvalue weighted by molar-refractivity contribution is 0.0696. The highest BCUT2D eigenvalue weighted by Gasteiger charge is 2.18. The Kier molecular flexibility index (Phi) is 14.0. The molecule has 2 aliphatic heterocycles. The van der Waals surface area contributed by atoms with Crippen LogP contribution in [0.3, 0.4) is 0 Å². The number of pyridine rings is 2. The number of carboxylic acid groups (broad SMARTS) is 1. The Labute approximate surface area is 364 Å². The quantitative estimate of drug-likeness (QED) is 0.110. The molecule has 0 atom stereocenters. The highest BCUT2D eigenvalue weighted by Crippen LogP contribution is 2.22. The lowest BCUT2D eigenvalue weighted by Gasteiger charge is -2.28. The topological polar surface area (TPSA) is 138 Å². The van der Waals surface area contributed by atoms with Crippen molar-refractivity contribution in [1.82, 2.24) is 19.1 Å². The Balaban J connectivity index is 0.000000182. The molecule has 2 aliphatic rings. The van der Waals surface area contributed by atoms with Crippen LogP contribution in [0, 0.1) is 17.4 Å². The smallest absolute Gasteiger partial charge is 0.335 e. The van der Waals surface area contributed by atoms with E-state index in [1.807, 2.05) is 96.0 Å². The Morgan fingerprint density at radius 2 is 1.02 bits per heavy atom. The highest BCUT2D eigenvalue weighted by atomic mass is 127. The maximum atomic E-state index is 12.9. The summed E-state index contributed by atoms with van der Waals surface area (Å²) in [6.45, 7) is 9.25. The SMILES string of the molecule is Cc1cc(C(=O)Nc2ccc(C(=O)O)cc2)n(Cc2cccc(N3CCCCC3)n2)c1.Cc1cc(C(=O)Nc2ccc(I)cc2)n(Cc2cccc(N3CCCCC3)n2)c1. The van der Waals surface area contributed by atoms with Crippen LogP contribution < -0.4 is 20.4 Å². The van der Waals surface area contributed by atoms with Crippen LogP contribution in [0.1, 0.15) is 92.4 Å². The highest BCUT2D eigenvalue weighted by molar-refractivity contribution is 14.1. The molecule has 0 radical (unpaired) electrons. The summed E-state index contributed by atoms with van der Waals surface area (Å²) in [6, 6.07) is 29.9. The van der Waals surface area contributed by atoms with Crippen LogP contribution in [0.15, 0.2) is 109 Å². The van der Waals surface area contributed by atoms with Crippen molar-refractivity contribution < 1.29 is 19.5 Å². The van der Waals surface area contributed by atoms with E-state index in [0.29, 0.717) is 30.2 Å². The van der Waals surface area contributed by atoms with Crippen LogP contribution in [-0.2, 0) is 13.1 Å². The fourth-order valence-corrected chi connectivity index (χ4v) is 7.99. The number of carbonyl (C=O) groups excluding carboxylic acids is 2. The number of aromatic nitrogens is 4. The van der Waals surface area contributed by atoms with Gasteiger partial charge in [-0.25, -0.2) is 14.8 Å². The van der Waals surface area contributed by atoms with Crippen molar-refractivity contribution in [2.24, 2.45) is 0 Å². The number of piperidine rings is 2. The fraction of sp³-hybridized carbons (Fsp3) is 0.298. The number of aryl methyl sites for hydroxylation is 2. The van der Waals surface area contributed by atoms with Gasteiger partial charge in [0, 0.05) is 53.5 Å². The normalized spacial score (nSPS) is 13.9. The van der Waals surface area contributed by atoms with Crippen LogP contribution in [-0.4, -0.2) is 68.2 Å². The molecule has 0 bridgehead atoms. The Bertz CT molecular complexity index is 2410. The molecule has 2 amide bonds. The van der Waals surface area contributed by atoms with Gasteiger partial charge in [0.1, 0.15) is 23.0 Å². The summed E-state index contributed by atoms with van der Waals surface area (Å²) < 4.78 is 5.03. The third-order valence-electron chi connectivity index (χ3n) is 10.6. The van der Waals surface area contributed by atoms with E-state index in [9.17, 15) is 14.4 Å². The molecule has 6 heterocycles. The Morgan fingerprint density at radius 1 is 0.600 bits per heavy atom. The average Bonchev–Trinajstić information content (AvgIpc) is 3.83. The van der Waals surface area contributed by atoms with E-state index in [-0.39, 0.29) is 17.4 Å². The van der Waals surface area contributed by atoms with Gasteiger partial charge in [0.25, 0.3) is 11.8 Å². The molecule has 2 fully saturated rings. The number of hydrogen-bond acceptors (Lipinski definition) is 7. The lowest BCUT2D eigenvalue weighted by Crippen LogP contribution is -2.30. The predicted octanol–water partition coefficient (Wildman–Crippen LogP) is 9.27. The average molecular weight is 919 g/mol. The van der Waals surface area contributed by atoms with E-state index in [1.54, 1.807) is 12.1 Å². The van der Waals surface area contributed by atoms with Crippen molar-refractivity contribution in [2.75, 3.05) is 46.6 Å². The summed E-state index contributed by atoms with van der Waals surface area (Å²) in [5.41, 5.74) is 6.61. The first-order valence-corrected chi connectivity index (χ1v) is 21.6. The van der Waals surface area contributed by atoms with E-state index in [0.717, 1.165) is 69.6 Å². The summed E-state index contributed by atoms with van der Waals surface area (Å²) in [6.07, 6.45) is 11.4. The molecule has 0 aliphatic carbocycles. The molecule has 4 aromatic heterocycles. The van der Waals surface area contributed by atoms with Crippen molar-refractivity contribution in [3.8, 4) is 0 Å². The van der Waals surface area contributed by atoms with E-state index < -0.39 is 5.97 Å².